The van der Waals surface area contributed by atoms with Gasteiger partial charge in [0.25, 0.3) is 0 Å². The van der Waals surface area contributed by atoms with E-state index in [1.165, 1.54) is 16.0 Å². The number of piperazine rings is 1. The van der Waals surface area contributed by atoms with Crippen molar-refractivity contribution in [1.29, 1.82) is 0 Å². The Morgan fingerprint density at radius 2 is 1.80 bits per heavy atom. The molecule has 1 heterocycles. The lowest BCUT2D eigenvalue weighted by molar-refractivity contribution is -0.146. The van der Waals surface area contributed by atoms with Crippen molar-refractivity contribution in [3.8, 4) is 0 Å². The van der Waals surface area contributed by atoms with Crippen LogP contribution in [0.5, 0.6) is 0 Å². The van der Waals surface area contributed by atoms with Crippen LogP contribution >= 0.6 is 15.9 Å². The Labute approximate surface area is 125 Å². The van der Waals surface area contributed by atoms with Gasteiger partial charge >= 0.3 is 6.18 Å². The molecule has 0 radical (unpaired) electrons. The summed E-state index contributed by atoms with van der Waals surface area (Å²) >= 11 is 3.42. The molecule has 0 amide bonds. The van der Waals surface area contributed by atoms with Crippen molar-refractivity contribution in [2.24, 2.45) is 0 Å². The molecule has 0 aliphatic carbocycles. The summed E-state index contributed by atoms with van der Waals surface area (Å²) in [5.41, 5.74) is 3.51. The molecule has 2 nitrogen and oxygen atoms in total. The van der Waals surface area contributed by atoms with Gasteiger partial charge in [-0.3, -0.25) is 4.90 Å². The van der Waals surface area contributed by atoms with Crippen LogP contribution in [0.15, 0.2) is 18.2 Å². The van der Waals surface area contributed by atoms with E-state index in [-0.39, 0.29) is 0 Å². The molecular formula is C14H18BrF3N2. The van der Waals surface area contributed by atoms with Gasteiger partial charge in [-0.05, 0) is 24.1 Å². The van der Waals surface area contributed by atoms with Gasteiger partial charge in [-0.15, -0.1) is 0 Å². The molecule has 1 aliphatic heterocycles. The van der Waals surface area contributed by atoms with E-state index in [2.05, 4.69) is 39.0 Å². The van der Waals surface area contributed by atoms with Crippen molar-refractivity contribution < 1.29 is 13.2 Å². The van der Waals surface area contributed by atoms with Gasteiger partial charge in [0.1, 0.15) is 0 Å². The van der Waals surface area contributed by atoms with Crippen LogP contribution in [-0.2, 0) is 5.33 Å². The number of alkyl halides is 4. The molecule has 0 N–H and O–H groups in total. The molecule has 6 heteroatoms. The average Bonchev–Trinajstić information content (AvgIpc) is 2.38. The fourth-order valence-electron chi connectivity index (χ4n) is 2.56. The predicted octanol–water partition coefficient (Wildman–Crippen LogP) is 3.57. The smallest absolute Gasteiger partial charge is 0.369 e. The third-order valence-electron chi connectivity index (χ3n) is 3.53. The zero-order chi connectivity index (χ0) is 14.8. The van der Waals surface area contributed by atoms with Crippen molar-refractivity contribution >= 4 is 21.6 Å². The van der Waals surface area contributed by atoms with E-state index in [0.29, 0.717) is 26.2 Å². The zero-order valence-corrected chi connectivity index (χ0v) is 13.0. The average molecular weight is 351 g/mol. The van der Waals surface area contributed by atoms with Crippen LogP contribution in [0.25, 0.3) is 0 Å². The normalized spacial score (nSPS) is 17.6. The highest BCUT2D eigenvalue weighted by Crippen LogP contribution is 2.24. The molecule has 2 rings (SSSR count). The van der Waals surface area contributed by atoms with Crippen molar-refractivity contribution in [3.05, 3.63) is 29.3 Å². The van der Waals surface area contributed by atoms with Crippen LogP contribution in [0.2, 0.25) is 0 Å². The molecule has 0 unspecified atom stereocenters. The van der Waals surface area contributed by atoms with E-state index >= 15 is 0 Å². The van der Waals surface area contributed by atoms with E-state index < -0.39 is 12.7 Å². The second-order valence-corrected chi connectivity index (χ2v) is 5.69. The molecule has 0 bridgehead atoms. The summed E-state index contributed by atoms with van der Waals surface area (Å²) in [7, 11) is 0. The first-order valence-electron chi connectivity index (χ1n) is 6.58. The topological polar surface area (TPSA) is 6.48 Å². The summed E-state index contributed by atoms with van der Waals surface area (Å²) in [6.07, 6.45) is -4.10. The summed E-state index contributed by atoms with van der Waals surface area (Å²) in [5.74, 6) is 0. The van der Waals surface area contributed by atoms with Crippen LogP contribution in [0.4, 0.5) is 18.9 Å². The number of halogens is 4. The van der Waals surface area contributed by atoms with Gasteiger partial charge < -0.3 is 4.90 Å². The van der Waals surface area contributed by atoms with Gasteiger partial charge in [0, 0.05) is 37.2 Å². The monoisotopic (exact) mass is 350 g/mol. The largest absolute Gasteiger partial charge is 0.401 e. The number of hydrogen-bond donors (Lipinski definition) is 0. The summed E-state index contributed by atoms with van der Waals surface area (Å²) in [5, 5.41) is 0.813. The molecule has 0 saturated carbocycles. The molecule has 0 atom stereocenters. The lowest BCUT2D eigenvalue weighted by Gasteiger charge is -2.37. The first kappa shape index (κ1) is 15.6. The number of rotatable bonds is 3. The minimum atomic E-state index is -4.10. The Bertz CT molecular complexity index is 454. The summed E-state index contributed by atoms with van der Waals surface area (Å²) in [6.45, 7) is 3.44. The molecule has 1 saturated heterocycles. The Balaban J connectivity index is 1.97. The molecule has 1 aromatic rings. The molecule has 1 fully saturated rings. The third kappa shape index (κ3) is 4.12. The van der Waals surface area contributed by atoms with E-state index in [4.69, 9.17) is 0 Å². The van der Waals surface area contributed by atoms with Crippen LogP contribution in [0.3, 0.4) is 0 Å². The first-order chi connectivity index (χ1) is 9.39. The van der Waals surface area contributed by atoms with Gasteiger partial charge in [-0.25, -0.2) is 0 Å². The van der Waals surface area contributed by atoms with Crippen LogP contribution < -0.4 is 4.90 Å². The second-order valence-electron chi connectivity index (χ2n) is 5.13. The molecule has 112 valence electrons. The Kier molecular flexibility index (Phi) is 4.96. The minimum Gasteiger partial charge on any atom is -0.369 e. The lowest BCUT2D eigenvalue weighted by atomic mass is 10.1. The second kappa shape index (κ2) is 6.35. The van der Waals surface area contributed by atoms with Crippen LogP contribution in [0.1, 0.15) is 11.1 Å². The standard InChI is InChI=1S/C14H18BrF3N2/c1-11-8-12(9-15)2-3-13(11)20-6-4-19(5-7-20)10-14(16,17)18/h2-3,8H,4-7,9-10H2,1H3. The molecule has 1 aromatic carbocycles. The zero-order valence-electron chi connectivity index (χ0n) is 11.4. The highest BCUT2D eigenvalue weighted by atomic mass is 79.9. The Hall–Kier alpha value is -0.750. The van der Waals surface area contributed by atoms with Crippen molar-refractivity contribution in [2.45, 2.75) is 18.4 Å². The van der Waals surface area contributed by atoms with Gasteiger partial charge in [0.15, 0.2) is 0 Å². The SMILES string of the molecule is Cc1cc(CBr)ccc1N1CCN(CC(F)(F)F)CC1. The van der Waals surface area contributed by atoms with E-state index in [1.54, 1.807) is 0 Å². The van der Waals surface area contributed by atoms with E-state index in [9.17, 15) is 13.2 Å². The maximum absolute atomic E-state index is 12.3. The first-order valence-corrected chi connectivity index (χ1v) is 7.71. The van der Waals surface area contributed by atoms with Crippen LogP contribution in [-0.4, -0.2) is 43.8 Å². The van der Waals surface area contributed by atoms with E-state index in [0.717, 1.165) is 11.0 Å². The summed E-state index contributed by atoms with van der Waals surface area (Å²) in [4.78, 5) is 3.64. The quantitative estimate of drug-likeness (QED) is 0.769. The maximum atomic E-state index is 12.3. The number of benzene rings is 1. The summed E-state index contributed by atoms with van der Waals surface area (Å²) < 4.78 is 37.0. The van der Waals surface area contributed by atoms with Crippen molar-refractivity contribution in [3.63, 3.8) is 0 Å². The highest BCUT2D eigenvalue weighted by Gasteiger charge is 2.32. The van der Waals surface area contributed by atoms with Gasteiger partial charge in [0.05, 0.1) is 6.54 Å². The molecular weight excluding hydrogens is 333 g/mol. The third-order valence-corrected chi connectivity index (χ3v) is 4.18. The number of nitrogens with zero attached hydrogens (tertiary/aromatic N) is 2. The fraction of sp³-hybridized carbons (Fsp3) is 0.571. The molecule has 1 aliphatic rings. The predicted molar refractivity (Wildman–Crippen MR) is 78.5 cm³/mol. The fourth-order valence-corrected chi connectivity index (χ4v) is 2.90. The van der Waals surface area contributed by atoms with Gasteiger partial charge in [-0.2, -0.15) is 13.2 Å². The molecule has 20 heavy (non-hydrogen) atoms. The van der Waals surface area contributed by atoms with Crippen molar-refractivity contribution in [2.75, 3.05) is 37.6 Å². The van der Waals surface area contributed by atoms with Crippen LogP contribution in [0, 0.1) is 6.92 Å². The maximum Gasteiger partial charge on any atom is 0.401 e. The number of hydrogen-bond acceptors (Lipinski definition) is 2. The summed E-state index contributed by atoms with van der Waals surface area (Å²) in [6, 6.07) is 6.23. The Morgan fingerprint density at radius 3 is 2.30 bits per heavy atom. The van der Waals surface area contributed by atoms with Gasteiger partial charge in [0.2, 0.25) is 0 Å². The highest BCUT2D eigenvalue weighted by molar-refractivity contribution is 9.08. The minimum absolute atomic E-state index is 0.457. The number of anilines is 1. The molecule has 0 spiro atoms. The lowest BCUT2D eigenvalue weighted by Crippen LogP contribution is -2.49. The Morgan fingerprint density at radius 1 is 1.15 bits per heavy atom. The van der Waals surface area contributed by atoms with E-state index in [1.807, 2.05) is 6.92 Å². The van der Waals surface area contributed by atoms with Gasteiger partial charge in [-0.1, -0.05) is 28.1 Å². The molecule has 0 aromatic heterocycles. The number of aryl methyl sites for hydroxylation is 1. The van der Waals surface area contributed by atoms with Crippen molar-refractivity contribution in [1.82, 2.24) is 4.90 Å².